The van der Waals surface area contributed by atoms with Crippen LogP contribution in [-0.4, -0.2) is 28.3 Å². The van der Waals surface area contributed by atoms with Gasteiger partial charge in [-0.2, -0.15) is 0 Å². The van der Waals surface area contributed by atoms with Crippen LogP contribution in [0.25, 0.3) is 11.0 Å². The van der Waals surface area contributed by atoms with E-state index in [1.807, 2.05) is 13.8 Å². The highest BCUT2D eigenvalue weighted by molar-refractivity contribution is 5.94. The SMILES string of the molecule is CC(=O)COC(=O)c1ccc2nc(C)c(C)nc2c1. The number of benzene rings is 1. The van der Waals surface area contributed by atoms with E-state index in [1.165, 1.54) is 6.92 Å². The first kappa shape index (κ1) is 13.1. The number of rotatable bonds is 3. The number of aryl methyl sites for hydroxylation is 2. The third kappa shape index (κ3) is 2.93. The van der Waals surface area contributed by atoms with Crippen molar-refractivity contribution < 1.29 is 14.3 Å². The van der Waals surface area contributed by atoms with Crippen molar-refractivity contribution in [1.82, 2.24) is 9.97 Å². The molecule has 0 saturated carbocycles. The van der Waals surface area contributed by atoms with Gasteiger partial charge in [0, 0.05) is 0 Å². The zero-order chi connectivity index (χ0) is 14.0. The Hall–Kier alpha value is -2.30. The molecule has 0 spiro atoms. The Kier molecular flexibility index (Phi) is 3.55. The van der Waals surface area contributed by atoms with Gasteiger partial charge >= 0.3 is 5.97 Å². The summed E-state index contributed by atoms with van der Waals surface area (Å²) in [5.41, 5.74) is 3.42. The number of ketones is 1. The van der Waals surface area contributed by atoms with Crippen molar-refractivity contribution in [1.29, 1.82) is 0 Å². The maximum Gasteiger partial charge on any atom is 0.338 e. The number of hydrogen-bond acceptors (Lipinski definition) is 5. The Balaban J connectivity index is 2.33. The molecule has 0 aliphatic rings. The normalized spacial score (nSPS) is 10.5. The smallest absolute Gasteiger partial charge is 0.338 e. The van der Waals surface area contributed by atoms with E-state index in [4.69, 9.17) is 4.74 Å². The van der Waals surface area contributed by atoms with E-state index < -0.39 is 5.97 Å². The molecule has 0 unspecified atom stereocenters. The van der Waals surface area contributed by atoms with E-state index in [9.17, 15) is 9.59 Å². The van der Waals surface area contributed by atoms with Gasteiger partial charge < -0.3 is 4.74 Å². The molecule has 0 aliphatic carbocycles. The topological polar surface area (TPSA) is 69.2 Å². The highest BCUT2D eigenvalue weighted by Gasteiger charge is 2.10. The van der Waals surface area contributed by atoms with Gasteiger partial charge in [-0.25, -0.2) is 14.8 Å². The second-order valence-corrected chi connectivity index (χ2v) is 4.38. The van der Waals surface area contributed by atoms with Gasteiger partial charge in [0.15, 0.2) is 5.78 Å². The summed E-state index contributed by atoms with van der Waals surface area (Å²) in [4.78, 5) is 31.3. The second kappa shape index (κ2) is 5.14. The lowest BCUT2D eigenvalue weighted by Gasteiger charge is -2.05. The van der Waals surface area contributed by atoms with Crippen LogP contribution in [0.3, 0.4) is 0 Å². The van der Waals surface area contributed by atoms with Gasteiger partial charge in [0.25, 0.3) is 0 Å². The van der Waals surface area contributed by atoms with E-state index in [0.29, 0.717) is 11.1 Å². The third-order valence-electron chi connectivity index (χ3n) is 2.72. The summed E-state index contributed by atoms with van der Waals surface area (Å²) in [7, 11) is 0. The minimum Gasteiger partial charge on any atom is -0.454 e. The first-order valence-corrected chi connectivity index (χ1v) is 5.89. The molecule has 19 heavy (non-hydrogen) atoms. The number of carbonyl (C=O) groups is 2. The maximum atomic E-state index is 11.7. The van der Waals surface area contributed by atoms with Gasteiger partial charge in [0.1, 0.15) is 6.61 Å². The van der Waals surface area contributed by atoms with Crippen molar-refractivity contribution in [2.75, 3.05) is 6.61 Å². The molecule has 2 rings (SSSR count). The third-order valence-corrected chi connectivity index (χ3v) is 2.72. The van der Waals surface area contributed by atoms with Crippen LogP contribution in [0.4, 0.5) is 0 Å². The minimum atomic E-state index is -0.530. The van der Waals surface area contributed by atoms with E-state index >= 15 is 0 Å². The van der Waals surface area contributed by atoms with E-state index in [-0.39, 0.29) is 12.4 Å². The van der Waals surface area contributed by atoms with Crippen LogP contribution >= 0.6 is 0 Å². The van der Waals surface area contributed by atoms with Crippen LogP contribution in [0.1, 0.15) is 28.7 Å². The minimum absolute atomic E-state index is 0.194. The number of ether oxygens (including phenoxy) is 1. The molecular weight excluding hydrogens is 244 g/mol. The number of aromatic nitrogens is 2. The molecule has 2 aromatic rings. The van der Waals surface area contributed by atoms with Crippen LogP contribution in [-0.2, 0) is 9.53 Å². The molecule has 0 radical (unpaired) electrons. The molecular formula is C14H14N2O3. The number of esters is 1. The van der Waals surface area contributed by atoms with Gasteiger partial charge in [0.2, 0.25) is 0 Å². The van der Waals surface area contributed by atoms with Crippen LogP contribution in [0.2, 0.25) is 0 Å². The number of hydrogen-bond donors (Lipinski definition) is 0. The van der Waals surface area contributed by atoms with Crippen molar-refractivity contribution in [3.05, 3.63) is 35.2 Å². The Labute approximate surface area is 110 Å². The molecule has 5 nitrogen and oxygen atoms in total. The van der Waals surface area contributed by atoms with Crippen LogP contribution < -0.4 is 0 Å². The van der Waals surface area contributed by atoms with Crippen molar-refractivity contribution in [2.24, 2.45) is 0 Å². The summed E-state index contributed by atoms with van der Waals surface area (Å²) in [5.74, 6) is -0.725. The molecule has 0 amide bonds. The molecule has 5 heteroatoms. The van der Waals surface area contributed by atoms with Gasteiger partial charge in [-0.3, -0.25) is 4.79 Å². The number of fused-ring (bicyclic) bond motifs is 1. The average Bonchev–Trinajstić information content (AvgIpc) is 2.36. The fourth-order valence-corrected chi connectivity index (χ4v) is 1.61. The van der Waals surface area contributed by atoms with Crippen molar-refractivity contribution in [3.63, 3.8) is 0 Å². The Morgan fingerprint density at radius 2 is 1.74 bits per heavy atom. The highest BCUT2D eigenvalue weighted by atomic mass is 16.5. The molecule has 0 fully saturated rings. The Morgan fingerprint density at radius 1 is 1.11 bits per heavy atom. The molecule has 1 aromatic heterocycles. The monoisotopic (exact) mass is 258 g/mol. The molecule has 0 saturated heterocycles. The lowest BCUT2D eigenvalue weighted by molar-refractivity contribution is -0.120. The molecule has 0 N–H and O–H groups in total. The van der Waals surface area contributed by atoms with E-state index in [0.717, 1.165) is 16.9 Å². The summed E-state index contributed by atoms with van der Waals surface area (Å²) < 4.78 is 4.86. The lowest BCUT2D eigenvalue weighted by atomic mass is 10.2. The van der Waals surface area contributed by atoms with Crippen LogP contribution in [0.15, 0.2) is 18.2 Å². The van der Waals surface area contributed by atoms with E-state index in [1.54, 1.807) is 18.2 Å². The zero-order valence-electron chi connectivity index (χ0n) is 11.1. The average molecular weight is 258 g/mol. The molecule has 1 aromatic carbocycles. The summed E-state index contributed by atoms with van der Waals surface area (Å²) in [6.45, 7) is 4.90. The fourth-order valence-electron chi connectivity index (χ4n) is 1.61. The Morgan fingerprint density at radius 3 is 2.37 bits per heavy atom. The summed E-state index contributed by atoms with van der Waals surface area (Å²) >= 11 is 0. The molecule has 0 aliphatic heterocycles. The largest absolute Gasteiger partial charge is 0.454 e. The van der Waals surface area contributed by atoms with Crippen LogP contribution in [0.5, 0.6) is 0 Å². The summed E-state index contributed by atoms with van der Waals surface area (Å²) in [6, 6.07) is 4.96. The fraction of sp³-hybridized carbons (Fsp3) is 0.286. The summed E-state index contributed by atoms with van der Waals surface area (Å²) in [5, 5.41) is 0. The molecule has 1 heterocycles. The van der Waals surface area contributed by atoms with Gasteiger partial charge in [-0.1, -0.05) is 0 Å². The van der Waals surface area contributed by atoms with Crippen molar-refractivity contribution in [2.45, 2.75) is 20.8 Å². The zero-order valence-corrected chi connectivity index (χ0v) is 11.1. The Bertz CT molecular complexity index is 665. The number of carbonyl (C=O) groups excluding carboxylic acids is 2. The first-order chi connectivity index (χ1) is 8.97. The summed E-state index contributed by atoms with van der Waals surface area (Å²) in [6.07, 6.45) is 0. The highest BCUT2D eigenvalue weighted by Crippen LogP contribution is 2.15. The quantitative estimate of drug-likeness (QED) is 0.787. The predicted molar refractivity (Wildman–Crippen MR) is 70.0 cm³/mol. The van der Waals surface area contributed by atoms with Gasteiger partial charge in [0.05, 0.1) is 28.0 Å². The molecule has 0 bridgehead atoms. The van der Waals surface area contributed by atoms with Gasteiger partial charge in [-0.15, -0.1) is 0 Å². The number of Topliss-reactive ketones (excluding diaryl/α,β-unsaturated/α-hetero) is 1. The standard InChI is InChI=1S/C14H14N2O3/c1-8(17)7-19-14(18)11-4-5-12-13(6-11)16-10(3)9(2)15-12/h4-6H,7H2,1-3H3. The van der Waals surface area contributed by atoms with E-state index in [2.05, 4.69) is 9.97 Å². The second-order valence-electron chi connectivity index (χ2n) is 4.38. The molecule has 0 atom stereocenters. The maximum absolute atomic E-state index is 11.7. The number of nitrogens with zero attached hydrogens (tertiary/aromatic N) is 2. The van der Waals surface area contributed by atoms with Crippen LogP contribution in [0, 0.1) is 13.8 Å². The van der Waals surface area contributed by atoms with Gasteiger partial charge in [-0.05, 0) is 39.0 Å². The first-order valence-electron chi connectivity index (χ1n) is 5.89. The van der Waals surface area contributed by atoms with Crippen molar-refractivity contribution >= 4 is 22.8 Å². The lowest BCUT2D eigenvalue weighted by Crippen LogP contribution is -2.11. The molecule has 98 valence electrons. The predicted octanol–water partition coefficient (Wildman–Crippen LogP) is 1.99. The van der Waals surface area contributed by atoms with Crippen molar-refractivity contribution in [3.8, 4) is 0 Å².